The smallest absolute Gasteiger partial charge is 0.0616 e. The van der Waals surface area contributed by atoms with Gasteiger partial charge in [0.1, 0.15) is 0 Å². The van der Waals surface area contributed by atoms with E-state index >= 15 is 0 Å². The maximum absolute atomic E-state index is 9.96. The standard InChI is InChI=1S/C44H28/c1-3-18-33-29(13-1)15-12-26-37(33)44-40-24-9-7-22-38(40)43(39-23-8-10-25-41(39)44)32-17-11-16-30(27-32)42-28-31-14-2-4-19-34(31)35-20-5-6-21-36(35)42/h1-28H/i1D,2D,3D,4D,5D,6D,7D,8D,9D,10D,11D,12D,13D,14D,15D,16D,17D,18D,19D,20D,21D,22D,23D,24D,25D,26D,27D. The lowest BCUT2D eigenvalue weighted by Crippen LogP contribution is -1.92. The molecule has 204 valence electrons. The molecule has 0 spiro atoms. The van der Waals surface area contributed by atoms with Crippen molar-refractivity contribution in [3.05, 3.63) is 169 Å². The summed E-state index contributed by atoms with van der Waals surface area (Å²) in [4.78, 5) is 0. The highest BCUT2D eigenvalue weighted by Gasteiger charge is 2.18. The number of hydrogen-bond acceptors (Lipinski definition) is 0. The van der Waals surface area contributed by atoms with Gasteiger partial charge in [0.15, 0.2) is 0 Å². The van der Waals surface area contributed by atoms with E-state index in [0.717, 1.165) is 6.07 Å². The fraction of sp³-hybridized carbons (Fsp3) is 0. The van der Waals surface area contributed by atoms with Crippen LogP contribution in [0.4, 0.5) is 0 Å². The predicted octanol–water partition coefficient (Wildman–Crippen LogP) is 12.5. The molecule has 0 radical (unpaired) electrons. The van der Waals surface area contributed by atoms with E-state index in [1.165, 1.54) is 0 Å². The van der Waals surface area contributed by atoms with Gasteiger partial charge in [-0.2, -0.15) is 0 Å². The highest BCUT2D eigenvalue weighted by atomic mass is 14.2. The van der Waals surface area contributed by atoms with Crippen LogP contribution in [-0.4, -0.2) is 0 Å². The summed E-state index contributed by atoms with van der Waals surface area (Å²) in [5.74, 6) is 0. The number of benzene rings is 9. The fourth-order valence-corrected chi connectivity index (χ4v) is 5.47. The number of rotatable bonds is 3. The van der Waals surface area contributed by atoms with Crippen molar-refractivity contribution >= 4 is 53.9 Å². The van der Waals surface area contributed by atoms with E-state index in [-0.39, 0.29) is 10.8 Å². The Kier molecular flexibility index (Phi) is 2.24. The predicted molar refractivity (Wildman–Crippen MR) is 190 cm³/mol. The van der Waals surface area contributed by atoms with Gasteiger partial charge in [0.25, 0.3) is 0 Å². The minimum atomic E-state index is -1.04. The van der Waals surface area contributed by atoms with Crippen LogP contribution in [0.5, 0.6) is 0 Å². The monoisotopic (exact) mass is 583 g/mol. The molecule has 0 aliphatic heterocycles. The first-order chi connectivity index (χ1) is 33.1. The van der Waals surface area contributed by atoms with Crippen molar-refractivity contribution in [2.24, 2.45) is 0 Å². The second kappa shape index (κ2) is 9.93. The van der Waals surface area contributed by atoms with E-state index in [0.29, 0.717) is 0 Å². The van der Waals surface area contributed by atoms with Gasteiger partial charge in [-0.05, 0) is 99.4 Å². The van der Waals surface area contributed by atoms with Gasteiger partial charge < -0.3 is 0 Å². The topological polar surface area (TPSA) is 0 Å². The Morgan fingerprint density at radius 2 is 0.773 bits per heavy atom. The van der Waals surface area contributed by atoms with Crippen molar-refractivity contribution in [2.45, 2.75) is 0 Å². The molecule has 9 aromatic carbocycles. The van der Waals surface area contributed by atoms with Crippen LogP contribution in [-0.2, 0) is 0 Å². The molecule has 0 bridgehead atoms. The van der Waals surface area contributed by atoms with Gasteiger partial charge in [0.2, 0.25) is 0 Å². The van der Waals surface area contributed by atoms with Crippen LogP contribution in [0, 0.1) is 0 Å². The molecular weight excluding hydrogens is 528 g/mol. The first-order valence-electron chi connectivity index (χ1n) is 26.6. The Balaban J connectivity index is 1.64. The molecule has 0 heteroatoms. The third-order valence-corrected chi connectivity index (χ3v) is 7.29. The average Bonchev–Trinajstić information content (AvgIpc) is 3.34. The molecule has 0 atom stereocenters. The largest absolute Gasteiger partial charge is 0.0636 e. The van der Waals surface area contributed by atoms with Gasteiger partial charge in [0, 0.05) is 0 Å². The molecular formula is C44H28. The van der Waals surface area contributed by atoms with Gasteiger partial charge in [0.05, 0.1) is 37.0 Å². The first kappa shape index (κ1) is 9.91. The molecule has 0 saturated heterocycles. The summed E-state index contributed by atoms with van der Waals surface area (Å²) in [5, 5.41) is -5.94. The molecule has 9 rings (SSSR count). The summed E-state index contributed by atoms with van der Waals surface area (Å²) in [6, 6.07) is -23.5. The summed E-state index contributed by atoms with van der Waals surface area (Å²) in [5.41, 5.74) is -4.23. The summed E-state index contributed by atoms with van der Waals surface area (Å²) in [6.45, 7) is 0. The van der Waals surface area contributed by atoms with Crippen LogP contribution in [0.2, 0.25) is 0 Å². The van der Waals surface area contributed by atoms with Crippen LogP contribution < -0.4 is 0 Å². The quantitative estimate of drug-likeness (QED) is 0.143. The molecule has 44 heavy (non-hydrogen) atoms. The Morgan fingerprint density at radius 1 is 0.295 bits per heavy atom. The molecule has 0 heterocycles. The molecule has 0 saturated carbocycles. The SMILES string of the molecule is [2H]c1c([2H])c(-c2c3c([2H])c([2H])c([2H])c([2H])c3c(-c3c([2H])c([2H])c([2H])c4c([2H])c([2H])c([2H])c([2H])c34)c3c([2H])c([2H])c([2H])c([2H])c23)c([2H])c(-c2cc3c([2H])c([2H])c([2H])c([2H])c3c3c([2H])c([2H])c([2H])c([2H])c23)c1[2H]. The Morgan fingerprint density at radius 3 is 1.48 bits per heavy atom. The zero-order chi connectivity index (χ0) is 52.5. The van der Waals surface area contributed by atoms with E-state index < -0.39 is 240 Å². The van der Waals surface area contributed by atoms with Gasteiger partial charge in [-0.1, -0.05) is 157 Å². The summed E-state index contributed by atoms with van der Waals surface area (Å²) in [6.07, 6.45) is 0. The molecule has 0 N–H and O–H groups in total. The average molecular weight is 584 g/mol. The minimum Gasteiger partial charge on any atom is -0.0616 e. The van der Waals surface area contributed by atoms with Crippen molar-refractivity contribution in [2.75, 3.05) is 0 Å². The Bertz CT molecular complexity index is 3980. The maximum Gasteiger partial charge on any atom is 0.0636 e. The van der Waals surface area contributed by atoms with Crippen molar-refractivity contribution in [3.8, 4) is 33.4 Å². The van der Waals surface area contributed by atoms with Gasteiger partial charge in [-0.3, -0.25) is 0 Å². The lowest BCUT2D eigenvalue weighted by atomic mass is 9.84. The second-order valence-electron chi connectivity index (χ2n) is 9.60. The van der Waals surface area contributed by atoms with Gasteiger partial charge >= 0.3 is 0 Å². The molecule has 0 aliphatic carbocycles. The van der Waals surface area contributed by atoms with Crippen molar-refractivity contribution in [1.29, 1.82) is 0 Å². The van der Waals surface area contributed by atoms with E-state index in [2.05, 4.69) is 0 Å². The van der Waals surface area contributed by atoms with Crippen molar-refractivity contribution in [3.63, 3.8) is 0 Å². The molecule has 9 aromatic rings. The molecule has 0 nitrogen and oxygen atoms in total. The highest BCUT2D eigenvalue weighted by Crippen LogP contribution is 2.46. The van der Waals surface area contributed by atoms with Crippen molar-refractivity contribution < 1.29 is 37.0 Å². The Hall–Kier alpha value is -5.72. The number of fused-ring (bicyclic) bond motifs is 6. The van der Waals surface area contributed by atoms with Gasteiger partial charge in [-0.15, -0.1) is 0 Å². The summed E-state index contributed by atoms with van der Waals surface area (Å²) < 4.78 is 242. The van der Waals surface area contributed by atoms with Crippen LogP contribution in [0.1, 0.15) is 37.0 Å². The maximum atomic E-state index is 9.96. The van der Waals surface area contributed by atoms with Crippen LogP contribution in [0.25, 0.3) is 87.2 Å². The van der Waals surface area contributed by atoms with E-state index in [1.807, 2.05) is 0 Å². The molecule has 0 aliphatic rings. The van der Waals surface area contributed by atoms with Crippen LogP contribution in [0.3, 0.4) is 0 Å². The third kappa shape index (κ3) is 3.78. The second-order valence-corrected chi connectivity index (χ2v) is 9.60. The van der Waals surface area contributed by atoms with E-state index in [1.54, 1.807) is 0 Å². The molecule has 0 fully saturated rings. The van der Waals surface area contributed by atoms with Gasteiger partial charge in [-0.25, -0.2) is 0 Å². The lowest BCUT2D eigenvalue weighted by Gasteiger charge is -2.19. The summed E-state index contributed by atoms with van der Waals surface area (Å²) in [7, 11) is 0. The third-order valence-electron chi connectivity index (χ3n) is 7.29. The highest BCUT2D eigenvalue weighted by molar-refractivity contribution is 6.23. The number of hydrogen-bond donors (Lipinski definition) is 0. The Labute approximate surface area is 294 Å². The molecule has 0 unspecified atom stereocenters. The van der Waals surface area contributed by atoms with E-state index in [4.69, 9.17) is 24.7 Å². The first-order valence-corrected chi connectivity index (χ1v) is 13.1. The minimum absolute atomic E-state index is 0.363. The molecule has 0 amide bonds. The zero-order valence-corrected chi connectivity index (χ0v) is 22.1. The van der Waals surface area contributed by atoms with Crippen LogP contribution >= 0.6 is 0 Å². The molecule has 0 aromatic heterocycles. The van der Waals surface area contributed by atoms with E-state index in [9.17, 15) is 12.3 Å². The fourth-order valence-electron chi connectivity index (χ4n) is 5.47. The summed E-state index contributed by atoms with van der Waals surface area (Å²) >= 11 is 0. The van der Waals surface area contributed by atoms with Crippen molar-refractivity contribution in [1.82, 2.24) is 0 Å². The van der Waals surface area contributed by atoms with Crippen LogP contribution in [0.15, 0.2) is 169 Å². The zero-order valence-electron chi connectivity index (χ0n) is 49.1. The normalized spacial score (nSPS) is 20.2. The lowest BCUT2D eigenvalue weighted by molar-refractivity contribution is 1.64.